The van der Waals surface area contributed by atoms with Crippen molar-refractivity contribution in [1.29, 1.82) is 0 Å². The maximum atomic E-state index is 3.43. The van der Waals surface area contributed by atoms with Crippen LogP contribution in [0.15, 0.2) is 85.5 Å². The molecule has 2 aliphatic rings. The van der Waals surface area contributed by atoms with E-state index >= 15 is 0 Å². The van der Waals surface area contributed by atoms with Crippen LogP contribution in [0.2, 0.25) is 0 Å². The summed E-state index contributed by atoms with van der Waals surface area (Å²) in [6, 6.07) is 22.5. The van der Waals surface area contributed by atoms with Gasteiger partial charge in [-0.1, -0.05) is 74.3 Å². The summed E-state index contributed by atoms with van der Waals surface area (Å²) in [5.41, 5.74) is 10.4. The van der Waals surface area contributed by atoms with E-state index in [-0.39, 0.29) is 34.0 Å². The topological polar surface area (TPSA) is 38.3 Å². The number of anilines is 2. The smallest absolute Gasteiger partial charge is 0.172 e. The lowest BCUT2D eigenvalue weighted by Gasteiger charge is -2.29. The number of halogens is 2. The van der Waals surface area contributed by atoms with Gasteiger partial charge in [-0.3, -0.25) is 0 Å². The van der Waals surface area contributed by atoms with Crippen molar-refractivity contribution >= 4 is 35.7 Å². The number of unbranched alkanes of at least 4 members (excludes halogenated alkanes) is 7. The highest BCUT2D eigenvalue weighted by atomic mass is 79.9. The summed E-state index contributed by atoms with van der Waals surface area (Å²) in [4.78, 5) is 4.92. The highest BCUT2D eigenvalue weighted by Crippen LogP contribution is 2.20. The lowest BCUT2D eigenvalue weighted by Crippen LogP contribution is -3.00. The number of rotatable bonds is 17. The van der Waals surface area contributed by atoms with Crippen molar-refractivity contribution < 1.29 is 43.1 Å². The van der Waals surface area contributed by atoms with Crippen molar-refractivity contribution in [3.05, 3.63) is 119 Å². The van der Waals surface area contributed by atoms with Gasteiger partial charge in [-0.25, -0.2) is 9.13 Å². The van der Waals surface area contributed by atoms with Gasteiger partial charge < -0.3 is 54.4 Å². The predicted molar refractivity (Wildman–Crippen MR) is 221 cm³/mol. The Morgan fingerprint density at radius 3 is 1.19 bits per heavy atom. The largest absolute Gasteiger partial charge is 1.00 e. The molecule has 0 atom stereocenters. The number of nitrogens with zero attached hydrogens (tertiary/aromatic N) is 4. The van der Waals surface area contributed by atoms with E-state index in [0.717, 1.165) is 65.4 Å². The normalized spacial score (nSPS) is 14.7. The highest BCUT2D eigenvalue weighted by molar-refractivity contribution is 5.72. The van der Waals surface area contributed by atoms with Crippen molar-refractivity contribution in [2.45, 2.75) is 78.3 Å². The van der Waals surface area contributed by atoms with Crippen molar-refractivity contribution in [3.8, 4) is 0 Å². The van der Waals surface area contributed by atoms with Crippen LogP contribution >= 0.6 is 0 Å². The number of hydrogen-bond donors (Lipinski definition) is 2. The maximum Gasteiger partial charge on any atom is 0.172 e. The number of aromatic nitrogens is 2. The molecular weight excluding hydrogens is 796 g/mol. The molecule has 0 saturated carbocycles. The summed E-state index contributed by atoms with van der Waals surface area (Å²) < 4.78 is 4.73. The molecule has 290 valence electrons. The fourth-order valence-electron chi connectivity index (χ4n) is 7.46. The molecule has 0 amide bonds. The maximum absolute atomic E-state index is 3.43. The average molecular weight is 859 g/mol. The standard InChI is InChI=1S/C46H62N6.2BrH/c1-39-37-49(31-23-43(39)17-11-41-13-19-45(20-14-41)51-33-25-47-26-34-51)29-9-7-5-3-4-6-8-10-30-50-32-24-44(40(2)38-50)18-12-42-15-21-46(22-16-42)52-35-27-48-28-36-52;;/h11-24,31-32,37-38,47-48H,3-10,25-30,33-36H2,1-2H3;2*1H/q+2;;/p-2. The summed E-state index contributed by atoms with van der Waals surface area (Å²) in [6.07, 6.45) is 28.6. The molecule has 0 bridgehead atoms. The fraction of sp³-hybridized carbons (Fsp3) is 0.435. The van der Waals surface area contributed by atoms with E-state index in [2.05, 4.69) is 153 Å². The number of aryl methyl sites for hydroxylation is 4. The van der Waals surface area contributed by atoms with E-state index in [4.69, 9.17) is 0 Å². The third kappa shape index (κ3) is 13.8. The molecule has 2 aromatic carbocycles. The number of nitrogens with one attached hydrogen (secondary N) is 2. The Balaban J connectivity index is 0.00000325. The monoisotopic (exact) mass is 856 g/mol. The number of benzene rings is 2. The van der Waals surface area contributed by atoms with Crippen molar-refractivity contribution in [2.75, 3.05) is 62.2 Å². The van der Waals surface area contributed by atoms with Crippen LogP contribution in [0.5, 0.6) is 0 Å². The minimum atomic E-state index is 0. The van der Waals surface area contributed by atoms with E-state index in [1.807, 2.05) is 0 Å². The van der Waals surface area contributed by atoms with E-state index in [9.17, 15) is 0 Å². The predicted octanol–water partition coefficient (Wildman–Crippen LogP) is 1.87. The van der Waals surface area contributed by atoms with Gasteiger partial charge in [-0.05, 0) is 73.2 Å². The summed E-state index contributed by atoms with van der Waals surface area (Å²) in [5.74, 6) is 0. The molecule has 2 N–H and O–H groups in total. The molecule has 0 unspecified atom stereocenters. The number of piperazine rings is 2. The van der Waals surface area contributed by atoms with Crippen LogP contribution in [0.4, 0.5) is 11.4 Å². The quantitative estimate of drug-likeness (QED) is 0.126. The molecule has 4 heterocycles. The molecule has 0 aliphatic carbocycles. The zero-order chi connectivity index (χ0) is 35.8. The average Bonchev–Trinajstić information content (AvgIpc) is 3.19. The molecule has 6 rings (SSSR count). The Morgan fingerprint density at radius 1 is 0.481 bits per heavy atom. The summed E-state index contributed by atoms with van der Waals surface area (Å²) >= 11 is 0. The van der Waals surface area contributed by atoms with Gasteiger partial charge in [0, 0.05) is 99.8 Å². The van der Waals surface area contributed by atoms with Gasteiger partial charge in [0.2, 0.25) is 0 Å². The van der Waals surface area contributed by atoms with Crippen LogP contribution in [-0.2, 0) is 13.1 Å². The Morgan fingerprint density at radius 2 is 0.833 bits per heavy atom. The first-order valence-corrected chi connectivity index (χ1v) is 20.1. The summed E-state index contributed by atoms with van der Waals surface area (Å²) in [7, 11) is 0. The van der Waals surface area contributed by atoms with Gasteiger partial charge in [0.25, 0.3) is 0 Å². The van der Waals surface area contributed by atoms with Gasteiger partial charge in [0.1, 0.15) is 13.1 Å². The van der Waals surface area contributed by atoms with E-state index < -0.39 is 0 Å². The minimum absolute atomic E-state index is 0. The Bertz CT molecular complexity index is 1600. The molecule has 2 aromatic heterocycles. The SMILES string of the molecule is Cc1c[n+](CCCCCCCCCC[n+]2ccc(/C=C/c3ccc(N4CCNCC4)cc3)c(C)c2)ccc1/C=C/c1ccc(N2CCNCC2)cc1.[Br-].[Br-]. The van der Waals surface area contributed by atoms with Crippen LogP contribution in [0, 0.1) is 13.8 Å². The van der Waals surface area contributed by atoms with Crippen LogP contribution in [0.1, 0.15) is 84.7 Å². The van der Waals surface area contributed by atoms with Gasteiger partial charge in [0.05, 0.1) is 0 Å². The van der Waals surface area contributed by atoms with Crippen molar-refractivity contribution in [1.82, 2.24) is 10.6 Å². The lowest BCUT2D eigenvalue weighted by molar-refractivity contribution is -0.697. The third-order valence-corrected chi connectivity index (χ3v) is 10.8. The zero-order valence-electron chi connectivity index (χ0n) is 32.7. The van der Waals surface area contributed by atoms with E-state index in [0.29, 0.717) is 0 Å². The van der Waals surface area contributed by atoms with Crippen molar-refractivity contribution in [2.24, 2.45) is 0 Å². The summed E-state index contributed by atoms with van der Waals surface area (Å²) in [6.45, 7) is 15.3. The third-order valence-electron chi connectivity index (χ3n) is 10.8. The van der Waals surface area contributed by atoms with Crippen LogP contribution in [0.3, 0.4) is 0 Å². The Hall–Kier alpha value is -3.30. The van der Waals surface area contributed by atoms with Gasteiger partial charge in [-0.2, -0.15) is 0 Å². The first-order valence-electron chi connectivity index (χ1n) is 20.1. The highest BCUT2D eigenvalue weighted by Gasteiger charge is 2.11. The first kappa shape index (κ1) is 43.4. The molecule has 0 radical (unpaired) electrons. The van der Waals surface area contributed by atoms with Crippen molar-refractivity contribution in [3.63, 3.8) is 0 Å². The molecule has 2 aliphatic heterocycles. The minimum Gasteiger partial charge on any atom is -1.00 e. The molecular formula is C46H62Br2N6. The van der Waals surface area contributed by atoms with Gasteiger partial charge >= 0.3 is 0 Å². The lowest BCUT2D eigenvalue weighted by atomic mass is 10.1. The second kappa shape index (κ2) is 23.6. The molecule has 6 nitrogen and oxygen atoms in total. The van der Waals surface area contributed by atoms with E-state index in [1.54, 1.807) is 0 Å². The number of hydrogen-bond acceptors (Lipinski definition) is 4. The molecule has 2 fully saturated rings. The van der Waals surface area contributed by atoms with Gasteiger partial charge in [-0.15, -0.1) is 0 Å². The fourth-order valence-corrected chi connectivity index (χ4v) is 7.46. The number of pyridine rings is 2. The van der Waals surface area contributed by atoms with Gasteiger partial charge in [0.15, 0.2) is 24.8 Å². The zero-order valence-corrected chi connectivity index (χ0v) is 35.8. The van der Waals surface area contributed by atoms with E-state index in [1.165, 1.54) is 96.1 Å². The van der Waals surface area contributed by atoms with Crippen LogP contribution < -0.4 is 63.5 Å². The van der Waals surface area contributed by atoms with Crippen LogP contribution in [0.25, 0.3) is 24.3 Å². The molecule has 54 heavy (non-hydrogen) atoms. The first-order chi connectivity index (χ1) is 25.6. The summed E-state index contributed by atoms with van der Waals surface area (Å²) in [5, 5.41) is 6.86. The van der Waals surface area contributed by atoms with Crippen LogP contribution in [-0.4, -0.2) is 52.4 Å². The Labute approximate surface area is 346 Å². The molecule has 8 heteroatoms. The molecule has 2 saturated heterocycles. The second-order valence-electron chi connectivity index (χ2n) is 14.8. The molecule has 4 aromatic rings. The second-order valence-corrected chi connectivity index (χ2v) is 14.8. The molecule has 0 spiro atoms. The Kier molecular flexibility index (Phi) is 19.0.